The van der Waals surface area contributed by atoms with Crippen molar-refractivity contribution in [3.63, 3.8) is 0 Å². The molecule has 6 atom stereocenters. The van der Waals surface area contributed by atoms with Gasteiger partial charge in [0.15, 0.2) is 0 Å². The predicted octanol–water partition coefficient (Wildman–Crippen LogP) is 5.59. The van der Waals surface area contributed by atoms with Gasteiger partial charge in [0, 0.05) is 23.6 Å². The SMILES string of the molecule is O=C1[C@H]2[C@H](CC=C3[C@H]2C[C@H]2C(=O)N(C4CCCCC4)C(=O)[C@H]2[C@H]3c2cc(OC(F)(F)F)ccc2O)C(=O)N1C1CCCCC1. The molecule has 1 N–H and O–H groups in total. The molecule has 2 heterocycles. The van der Waals surface area contributed by atoms with E-state index in [0.29, 0.717) is 18.4 Å². The zero-order valence-corrected chi connectivity index (χ0v) is 24.4. The van der Waals surface area contributed by atoms with Gasteiger partial charge in [0.25, 0.3) is 0 Å². The highest BCUT2D eigenvalue weighted by molar-refractivity contribution is 6.08. The van der Waals surface area contributed by atoms with Crippen molar-refractivity contribution < 1.29 is 42.2 Å². The second-order valence-electron chi connectivity index (χ2n) is 13.5. The molecule has 2 aliphatic heterocycles. The molecule has 7 rings (SSSR count). The van der Waals surface area contributed by atoms with Gasteiger partial charge in [-0.1, -0.05) is 50.2 Å². The molecule has 0 bridgehead atoms. The fraction of sp³-hybridized carbons (Fsp3) is 0.636. The quantitative estimate of drug-likeness (QED) is 0.350. The minimum Gasteiger partial charge on any atom is -0.508 e. The van der Waals surface area contributed by atoms with Crippen LogP contribution in [0.25, 0.3) is 0 Å². The number of hydrogen-bond donors (Lipinski definition) is 1. The summed E-state index contributed by atoms with van der Waals surface area (Å²) in [4.78, 5) is 58.9. The second-order valence-corrected chi connectivity index (χ2v) is 13.5. The average molecular weight is 615 g/mol. The highest BCUT2D eigenvalue weighted by Crippen LogP contribution is 2.59. The highest BCUT2D eigenvalue weighted by atomic mass is 19.4. The normalized spacial score (nSPS) is 33.3. The lowest BCUT2D eigenvalue weighted by atomic mass is 9.57. The second kappa shape index (κ2) is 10.9. The Bertz CT molecular complexity index is 1410. The number of amides is 4. The van der Waals surface area contributed by atoms with Crippen LogP contribution < -0.4 is 4.74 Å². The maximum absolute atomic E-state index is 14.2. The molecule has 1 aromatic carbocycles. The van der Waals surface area contributed by atoms with Crippen molar-refractivity contribution in [3.05, 3.63) is 35.4 Å². The van der Waals surface area contributed by atoms with Crippen molar-refractivity contribution in [1.29, 1.82) is 0 Å². The lowest BCUT2D eigenvalue weighted by molar-refractivity contribution is -0.274. The maximum atomic E-state index is 14.2. The van der Waals surface area contributed by atoms with E-state index in [2.05, 4.69) is 4.74 Å². The molecule has 0 unspecified atom stereocenters. The van der Waals surface area contributed by atoms with Gasteiger partial charge in [0.05, 0.1) is 23.7 Å². The summed E-state index contributed by atoms with van der Waals surface area (Å²) in [5, 5.41) is 11.1. The van der Waals surface area contributed by atoms with Crippen molar-refractivity contribution in [2.45, 2.75) is 101 Å². The number of rotatable bonds is 4. The van der Waals surface area contributed by atoms with Crippen LogP contribution in [0.2, 0.25) is 0 Å². The van der Waals surface area contributed by atoms with E-state index in [1.807, 2.05) is 6.08 Å². The van der Waals surface area contributed by atoms with Gasteiger partial charge < -0.3 is 9.84 Å². The summed E-state index contributed by atoms with van der Waals surface area (Å²) >= 11 is 0. The Hall–Kier alpha value is -3.37. The van der Waals surface area contributed by atoms with E-state index in [9.17, 15) is 37.5 Å². The Balaban J connectivity index is 1.31. The van der Waals surface area contributed by atoms with E-state index < -0.39 is 47.6 Å². The molecule has 6 aliphatic rings. The number of fused-ring (bicyclic) bond motifs is 4. The molecule has 3 saturated carbocycles. The van der Waals surface area contributed by atoms with Crippen LogP contribution in [0, 0.1) is 29.6 Å². The van der Waals surface area contributed by atoms with Gasteiger partial charge in [-0.2, -0.15) is 0 Å². The minimum absolute atomic E-state index is 0.0590. The van der Waals surface area contributed by atoms with Crippen LogP contribution >= 0.6 is 0 Å². The predicted molar refractivity (Wildman–Crippen MR) is 150 cm³/mol. The molecule has 2 saturated heterocycles. The summed E-state index contributed by atoms with van der Waals surface area (Å²) < 4.78 is 43.8. The van der Waals surface area contributed by atoms with Gasteiger partial charge in [-0.15, -0.1) is 13.2 Å². The number of nitrogens with zero attached hydrogens (tertiary/aromatic N) is 2. The Labute approximate surface area is 253 Å². The van der Waals surface area contributed by atoms with E-state index in [1.165, 1.54) is 9.80 Å². The minimum atomic E-state index is -4.97. The summed E-state index contributed by atoms with van der Waals surface area (Å²) in [6.45, 7) is 0. The van der Waals surface area contributed by atoms with Gasteiger partial charge in [-0.25, -0.2) is 0 Å². The Kier molecular flexibility index (Phi) is 7.28. The monoisotopic (exact) mass is 614 g/mol. The number of ether oxygens (including phenoxy) is 1. The maximum Gasteiger partial charge on any atom is 0.573 e. The average Bonchev–Trinajstić information content (AvgIpc) is 3.41. The molecule has 0 aromatic heterocycles. The lowest BCUT2D eigenvalue weighted by Crippen LogP contribution is -2.44. The number of hydrogen-bond acceptors (Lipinski definition) is 6. The first-order chi connectivity index (χ1) is 21.0. The molecule has 0 radical (unpaired) electrons. The Morgan fingerprint density at radius 3 is 1.89 bits per heavy atom. The Morgan fingerprint density at radius 1 is 0.727 bits per heavy atom. The zero-order valence-electron chi connectivity index (χ0n) is 24.4. The molecular formula is C33H37F3N2O6. The zero-order chi connectivity index (χ0) is 30.9. The summed E-state index contributed by atoms with van der Waals surface area (Å²) in [5.74, 6) is -6.53. The van der Waals surface area contributed by atoms with E-state index in [0.717, 1.165) is 69.6 Å². The highest BCUT2D eigenvalue weighted by Gasteiger charge is 2.63. The number of halogens is 3. The van der Waals surface area contributed by atoms with Gasteiger partial charge in [0.2, 0.25) is 23.6 Å². The molecule has 0 spiro atoms. The molecule has 44 heavy (non-hydrogen) atoms. The van der Waals surface area contributed by atoms with Crippen LogP contribution in [0.4, 0.5) is 13.2 Å². The third-order valence-electron chi connectivity index (χ3n) is 11.2. The third-order valence-corrected chi connectivity index (χ3v) is 11.2. The van der Waals surface area contributed by atoms with Crippen molar-refractivity contribution in [2.24, 2.45) is 29.6 Å². The molecule has 4 amide bonds. The van der Waals surface area contributed by atoms with E-state index in [4.69, 9.17) is 0 Å². The number of carbonyl (C=O) groups excluding carboxylic acids is 4. The number of phenolic OH excluding ortho intramolecular Hbond substituents is 1. The summed E-state index contributed by atoms with van der Waals surface area (Å²) in [6, 6.07) is 2.81. The molecule has 5 fully saturated rings. The molecule has 236 valence electrons. The topological polar surface area (TPSA) is 104 Å². The Morgan fingerprint density at radius 2 is 1.30 bits per heavy atom. The van der Waals surface area contributed by atoms with Gasteiger partial charge in [-0.3, -0.25) is 29.0 Å². The first-order valence-corrected chi connectivity index (χ1v) is 16.1. The van der Waals surface area contributed by atoms with Crippen LogP contribution in [0.5, 0.6) is 11.5 Å². The van der Waals surface area contributed by atoms with E-state index in [-0.39, 0.29) is 59.9 Å². The first-order valence-electron chi connectivity index (χ1n) is 16.1. The van der Waals surface area contributed by atoms with E-state index >= 15 is 0 Å². The van der Waals surface area contributed by atoms with Crippen LogP contribution in [-0.4, -0.2) is 57.0 Å². The third kappa shape index (κ3) is 4.72. The smallest absolute Gasteiger partial charge is 0.508 e. The molecule has 8 nitrogen and oxygen atoms in total. The molecule has 11 heteroatoms. The molecule has 1 aromatic rings. The van der Waals surface area contributed by atoms with Crippen LogP contribution in [-0.2, 0) is 19.2 Å². The lowest BCUT2D eigenvalue weighted by Gasteiger charge is -2.44. The largest absolute Gasteiger partial charge is 0.573 e. The number of benzene rings is 1. The fourth-order valence-corrected chi connectivity index (χ4v) is 9.36. The standard InChI is InChI=1S/C33H37F3N2O6/c34-33(35,36)44-19-11-14-25(39)23(15-19)26-20-12-13-21-27(31(42)37(29(21)40)17-7-3-1-4-8-17)22(20)16-24-28(26)32(43)38(30(24)41)18-9-5-2-6-10-18/h11-12,14-15,17-18,21-22,24,26-28,39H,1-10,13,16H2/t21-,22+,24+,26+,27-,28+/m0/s1. The van der Waals surface area contributed by atoms with E-state index in [1.54, 1.807) is 0 Å². The number of imide groups is 2. The summed E-state index contributed by atoms with van der Waals surface area (Å²) in [6.07, 6.45) is 6.01. The van der Waals surface area contributed by atoms with Crippen molar-refractivity contribution in [2.75, 3.05) is 0 Å². The fourth-order valence-electron chi connectivity index (χ4n) is 9.36. The number of alkyl halides is 3. The number of aromatic hydroxyl groups is 1. The van der Waals surface area contributed by atoms with Crippen LogP contribution in [0.15, 0.2) is 29.8 Å². The van der Waals surface area contributed by atoms with Crippen LogP contribution in [0.1, 0.15) is 88.5 Å². The van der Waals surface area contributed by atoms with Crippen molar-refractivity contribution in [3.8, 4) is 11.5 Å². The first kappa shape index (κ1) is 29.3. The number of carbonyl (C=O) groups is 4. The van der Waals surface area contributed by atoms with Gasteiger partial charge in [-0.05, 0) is 62.6 Å². The summed E-state index contributed by atoms with van der Waals surface area (Å²) in [7, 11) is 0. The number of allylic oxidation sites excluding steroid dienone is 2. The van der Waals surface area contributed by atoms with Crippen molar-refractivity contribution in [1.82, 2.24) is 9.80 Å². The van der Waals surface area contributed by atoms with Crippen LogP contribution in [0.3, 0.4) is 0 Å². The number of phenols is 1. The summed E-state index contributed by atoms with van der Waals surface area (Å²) in [5.41, 5.74) is 0.703. The molecule has 4 aliphatic carbocycles. The van der Waals surface area contributed by atoms with Gasteiger partial charge in [0.1, 0.15) is 11.5 Å². The molecular weight excluding hydrogens is 577 g/mol. The van der Waals surface area contributed by atoms with Gasteiger partial charge >= 0.3 is 6.36 Å². The number of likely N-dealkylation sites (tertiary alicyclic amines) is 2. The van der Waals surface area contributed by atoms with Crippen molar-refractivity contribution >= 4 is 23.6 Å².